The van der Waals surface area contributed by atoms with Gasteiger partial charge in [0.25, 0.3) is 0 Å². The molecule has 0 aliphatic heterocycles. The van der Waals surface area contributed by atoms with Crippen molar-refractivity contribution in [2.45, 2.75) is 0 Å². The zero-order valence-corrected chi connectivity index (χ0v) is 5.93. The molecule has 0 radical (unpaired) electrons. The zero-order valence-electron chi connectivity index (χ0n) is 5.93. The molecule has 0 aromatic carbocycles. The number of rotatable bonds is 4. The summed E-state index contributed by atoms with van der Waals surface area (Å²) in [5.74, 6) is -2.54. The minimum Gasteiger partial charge on any atom is -0.478 e. The lowest BCUT2D eigenvalue weighted by Crippen LogP contribution is -1.93. The predicted molar refractivity (Wildman–Crippen MR) is 38.6 cm³/mol. The third-order valence-corrected chi connectivity index (χ3v) is 0.845. The van der Waals surface area contributed by atoms with E-state index in [4.69, 9.17) is 10.2 Å². The highest BCUT2D eigenvalue weighted by Gasteiger charge is 1.95. The Morgan fingerprint density at radius 3 is 1.92 bits per heavy atom. The van der Waals surface area contributed by atoms with Crippen molar-refractivity contribution in [2.24, 2.45) is 0 Å². The third kappa shape index (κ3) is 4.92. The van der Waals surface area contributed by atoms with Crippen LogP contribution in [0, 0.1) is 0 Å². The molecule has 0 saturated heterocycles. The Hall–Kier alpha value is -1.91. The third-order valence-electron chi connectivity index (χ3n) is 0.845. The van der Waals surface area contributed by atoms with Crippen molar-refractivity contribution in [1.29, 1.82) is 0 Å². The maximum absolute atomic E-state index is 10.1. The summed E-state index contributed by atoms with van der Waals surface area (Å²) in [4.78, 5) is 30.0. The van der Waals surface area contributed by atoms with Crippen LogP contribution in [-0.4, -0.2) is 28.4 Å². The average molecular weight is 170 g/mol. The van der Waals surface area contributed by atoms with Crippen molar-refractivity contribution < 1.29 is 24.6 Å². The zero-order chi connectivity index (χ0) is 9.56. The van der Waals surface area contributed by atoms with E-state index in [0.717, 1.165) is 6.08 Å². The van der Waals surface area contributed by atoms with Crippen LogP contribution < -0.4 is 0 Å². The molecule has 5 nitrogen and oxygen atoms in total. The van der Waals surface area contributed by atoms with Gasteiger partial charge in [0.2, 0.25) is 0 Å². The molecule has 2 N–H and O–H groups in total. The molecule has 5 heteroatoms. The van der Waals surface area contributed by atoms with E-state index in [-0.39, 0.29) is 11.9 Å². The lowest BCUT2D eigenvalue weighted by atomic mass is 10.2. The molecule has 0 amide bonds. The van der Waals surface area contributed by atoms with Gasteiger partial charge in [0.1, 0.15) is 6.29 Å². The fourth-order valence-electron chi connectivity index (χ4n) is 0.432. The van der Waals surface area contributed by atoms with E-state index in [2.05, 4.69) is 0 Å². The van der Waals surface area contributed by atoms with E-state index in [1.165, 1.54) is 0 Å². The number of carboxylic acids is 2. The summed E-state index contributed by atoms with van der Waals surface area (Å²) in [6, 6.07) is 0. The van der Waals surface area contributed by atoms with Crippen LogP contribution in [0.4, 0.5) is 0 Å². The summed E-state index contributed by atoms with van der Waals surface area (Å²) in [6.45, 7) is 0. The largest absolute Gasteiger partial charge is 0.478 e. The molecule has 0 bridgehead atoms. The summed E-state index contributed by atoms with van der Waals surface area (Å²) in [6.07, 6.45) is 2.46. The van der Waals surface area contributed by atoms with Gasteiger partial charge in [-0.1, -0.05) is 0 Å². The van der Waals surface area contributed by atoms with Crippen molar-refractivity contribution in [3.8, 4) is 0 Å². The van der Waals surface area contributed by atoms with Crippen molar-refractivity contribution >= 4 is 18.2 Å². The van der Waals surface area contributed by atoms with Gasteiger partial charge in [-0.2, -0.15) is 0 Å². The highest BCUT2D eigenvalue weighted by atomic mass is 16.4. The van der Waals surface area contributed by atoms with Crippen molar-refractivity contribution in [2.75, 3.05) is 0 Å². The maximum atomic E-state index is 10.1. The lowest BCUT2D eigenvalue weighted by molar-refractivity contribution is -0.132. The molecule has 0 fully saturated rings. The fourth-order valence-corrected chi connectivity index (χ4v) is 0.432. The van der Waals surface area contributed by atoms with Crippen LogP contribution in [-0.2, 0) is 14.4 Å². The normalized spacial score (nSPS) is 11.5. The Bertz CT molecular complexity index is 261. The van der Waals surface area contributed by atoms with E-state index in [0.29, 0.717) is 12.2 Å². The molecule has 0 heterocycles. The van der Waals surface area contributed by atoms with Crippen LogP contribution in [0.2, 0.25) is 0 Å². The quantitative estimate of drug-likeness (QED) is 0.347. The van der Waals surface area contributed by atoms with Crippen LogP contribution in [0.15, 0.2) is 23.8 Å². The topological polar surface area (TPSA) is 91.7 Å². The van der Waals surface area contributed by atoms with Gasteiger partial charge in [0, 0.05) is 17.7 Å². The Morgan fingerprint density at radius 2 is 1.58 bits per heavy atom. The molecule has 64 valence electrons. The Labute approximate surface area is 67.6 Å². The van der Waals surface area contributed by atoms with Gasteiger partial charge >= 0.3 is 11.9 Å². The predicted octanol–water partition coefficient (Wildman–Crippen LogP) is -0.163. The van der Waals surface area contributed by atoms with Gasteiger partial charge in [-0.3, -0.25) is 4.79 Å². The van der Waals surface area contributed by atoms with E-state index < -0.39 is 11.9 Å². The summed E-state index contributed by atoms with van der Waals surface area (Å²) in [5.41, 5.74) is -0.204. The van der Waals surface area contributed by atoms with Gasteiger partial charge in [-0.05, 0) is 6.08 Å². The molecular weight excluding hydrogens is 164 g/mol. The number of allylic oxidation sites excluding steroid dienone is 2. The van der Waals surface area contributed by atoms with Crippen LogP contribution >= 0.6 is 0 Å². The van der Waals surface area contributed by atoms with Crippen LogP contribution in [0.25, 0.3) is 0 Å². The first-order valence-corrected chi connectivity index (χ1v) is 2.87. The number of carboxylic acid groups (broad SMARTS) is 2. The minimum atomic E-state index is -1.30. The molecule has 0 aromatic heterocycles. The molecule has 0 unspecified atom stereocenters. The Kier molecular flexibility index (Phi) is 4.07. The van der Waals surface area contributed by atoms with E-state index >= 15 is 0 Å². The summed E-state index contributed by atoms with van der Waals surface area (Å²) in [5, 5.41) is 16.3. The summed E-state index contributed by atoms with van der Waals surface area (Å²) >= 11 is 0. The van der Waals surface area contributed by atoms with Crippen molar-refractivity contribution in [3.05, 3.63) is 23.8 Å². The second kappa shape index (κ2) is 4.84. The first-order valence-electron chi connectivity index (χ1n) is 2.87. The molecule has 0 saturated carbocycles. The maximum Gasteiger partial charge on any atom is 0.329 e. The highest BCUT2D eigenvalue weighted by Crippen LogP contribution is 1.91. The minimum absolute atomic E-state index is 0.204. The van der Waals surface area contributed by atoms with E-state index in [1.54, 1.807) is 0 Å². The second-order valence-corrected chi connectivity index (χ2v) is 1.77. The highest BCUT2D eigenvalue weighted by molar-refractivity contribution is 5.92. The van der Waals surface area contributed by atoms with Gasteiger partial charge in [0.15, 0.2) is 0 Å². The number of aldehydes is 1. The van der Waals surface area contributed by atoms with Gasteiger partial charge in [0.05, 0.1) is 0 Å². The fraction of sp³-hybridized carbons (Fsp3) is 0. The SMILES string of the molecule is O=CC(=C\C(=O)O)/C=C/C(=O)O. The number of carbonyl (C=O) groups excluding carboxylic acids is 1. The number of carbonyl (C=O) groups is 3. The first-order chi connectivity index (χ1) is 5.56. The summed E-state index contributed by atoms with van der Waals surface area (Å²) < 4.78 is 0. The first kappa shape index (κ1) is 10.1. The average Bonchev–Trinajstić information content (AvgIpc) is 1.97. The van der Waals surface area contributed by atoms with Gasteiger partial charge in [-0.25, -0.2) is 9.59 Å². The molecule has 0 aliphatic rings. The smallest absolute Gasteiger partial charge is 0.329 e. The summed E-state index contributed by atoms with van der Waals surface area (Å²) in [7, 11) is 0. The van der Waals surface area contributed by atoms with Crippen LogP contribution in [0.1, 0.15) is 0 Å². The molecule has 0 rings (SSSR count). The Morgan fingerprint density at radius 1 is 1.00 bits per heavy atom. The number of hydrogen-bond acceptors (Lipinski definition) is 3. The monoisotopic (exact) mass is 170 g/mol. The number of hydrogen-bond donors (Lipinski definition) is 2. The van der Waals surface area contributed by atoms with Gasteiger partial charge in [-0.15, -0.1) is 0 Å². The molecule has 0 atom stereocenters. The standard InChI is InChI=1S/C7H6O5/c8-4-5(3-7(11)12)1-2-6(9)10/h1-4H,(H,9,10)(H,11,12)/b2-1+,5-3-. The lowest BCUT2D eigenvalue weighted by Gasteiger charge is -1.85. The Balaban J connectivity index is 4.48. The molecular formula is C7H6O5. The van der Waals surface area contributed by atoms with Gasteiger partial charge < -0.3 is 10.2 Å². The molecule has 12 heavy (non-hydrogen) atoms. The molecule has 0 aromatic rings. The van der Waals surface area contributed by atoms with Crippen molar-refractivity contribution in [1.82, 2.24) is 0 Å². The number of aliphatic carboxylic acids is 2. The van der Waals surface area contributed by atoms with E-state index in [1.807, 2.05) is 0 Å². The van der Waals surface area contributed by atoms with Crippen LogP contribution in [0.5, 0.6) is 0 Å². The van der Waals surface area contributed by atoms with Crippen molar-refractivity contribution in [3.63, 3.8) is 0 Å². The second-order valence-electron chi connectivity index (χ2n) is 1.77. The van der Waals surface area contributed by atoms with Crippen LogP contribution in [0.3, 0.4) is 0 Å². The van der Waals surface area contributed by atoms with E-state index in [9.17, 15) is 14.4 Å². The molecule has 0 spiro atoms. The molecule has 0 aliphatic carbocycles.